The van der Waals surface area contributed by atoms with E-state index >= 15 is 0 Å². The van der Waals surface area contributed by atoms with Crippen molar-refractivity contribution in [3.8, 4) is 5.75 Å². The lowest BCUT2D eigenvalue weighted by molar-refractivity contribution is 0.412. The van der Waals surface area contributed by atoms with Crippen molar-refractivity contribution in [3.63, 3.8) is 0 Å². The second-order valence-electron chi connectivity index (χ2n) is 2.35. The van der Waals surface area contributed by atoms with Crippen molar-refractivity contribution in [1.82, 2.24) is 4.98 Å². The highest BCUT2D eigenvalue weighted by Gasteiger charge is 1.98. The van der Waals surface area contributed by atoms with Gasteiger partial charge in [-0.1, -0.05) is 22.5 Å². The topological polar surface area (TPSA) is 22.1 Å². The maximum atomic E-state index is 5.03. The maximum Gasteiger partial charge on any atom is 0.137 e. The van der Waals surface area contributed by atoms with E-state index in [1.54, 1.807) is 19.5 Å². The van der Waals surface area contributed by atoms with E-state index in [9.17, 15) is 0 Å². The third-order valence-electron chi connectivity index (χ3n) is 1.52. The highest BCUT2D eigenvalue weighted by molar-refractivity contribution is 9.09. The number of halogens is 1. The quantitative estimate of drug-likeness (QED) is 0.741. The molecule has 3 heteroatoms. The summed E-state index contributed by atoms with van der Waals surface area (Å²) in [5, 5.41) is 0.752. The second kappa shape index (κ2) is 4.26. The fraction of sp³-hybridized carbons (Fsp3) is 0.222. The molecule has 0 bridgehead atoms. The van der Waals surface area contributed by atoms with Crippen molar-refractivity contribution in [2.24, 2.45) is 0 Å². The Morgan fingerprint density at radius 3 is 3.00 bits per heavy atom. The number of pyridine rings is 1. The molecule has 2 nitrogen and oxygen atoms in total. The average Bonchev–Trinajstić information content (AvgIpc) is 2.17. The van der Waals surface area contributed by atoms with Crippen molar-refractivity contribution < 1.29 is 4.74 Å². The average molecular weight is 228 g/mol. The van der Waals surface area contributed by atoms with Crippen molar-refractivity contribution in [2.75, 3.05) is 12.4 Å². The van der Waals surface area contributed by atoms with E-state index in [1.165, 1.54) is 0 Å². The van der Waals surface area contributed by atoms with Gasteiger partial charge in [0.15, 0.2) is 0 Å². The van der Waals surface area contributed by atoms with E-state index in [0.717, 1.165) is 22.2 Å². The Morgan fingerprint density at radius 1 is 1.67 bits per heavy atom. The summed E-state index contributed by atoms with van der Waals surface area (Å²) < 4.78 is 5.03. The lowest BCUT2D eigenvalue weighted by Gasteiger charge is -2.03. The number of ether oxygens (including phenoxy) is 1. The minimum absolute atomic E-state index is 0.752. The molecule has 0 saturated carbocycles. The molecule has 0 unspecified atom stereocenters. The molecular weight excluding hydrogens is 218 g/mol. The first-order valence-electron chi connectivity index (χ1n) is 3.51. The second-order valence-corrected chi connectivity index (χ2v) is 2.91. The summed E-state index contributed by atoms with van der Waals surface area (Å²) in [5.74, 6) is 0.759. The molecule has 0 aliphatic rings. The number of hydrogen-bond acceptors (Lipinski definition) is 2. The first-order valence-corrected chi connectivity index (χ1v) is 4.63. The monoisotopic (exact) mass is 227 g/mol. The van der Waals surface area contributed by atoms with Gasteiger partial charge in [-0.2, -0.15) is 0 Å². The van der Waals surface area contributed by atoms with Gasteiger partial charge in [0.25, 0.3) is 0 Å². The summed E-state index contributed by atoms with van der Waals surface area (Å²) in [6.07, 6.45) is 3.44. The molecule has 0 aliphatic carbocycles. The van der Waals surface area contributed by atoms with Crippen LogP contribution in [0.1, 0.15) is 5.56 Å². The third kappa shape index (κ3) is 2.08. The predicted molar refractivity (Wildman–Crippen MR) is 53.6 cm³/mol. The molecule has 1 heterocycles. The largest absolute Gasteiger partial charge is 0.495 e. The van der Waals surface area contributed by atoms with Gasteiger partial charge in [-0.15, -0.1) is 0 Å². The minimum Gasteiger partial charge on any atom is -0.495 e. The Balaban J connectivity index is 2.93. The maximum absolute atomic E-state index is 5.03. The fourth-order valence-corrected chi connectivity index (χ4v) is 1.12. The van der Waals surface area contributed by atoms with Crippen LogP contribution in [0.2, 0.25) is 0 Å². The van der Waals surface area contributed by atoms with Gasteiger partial charge in [0.2, 0.25) is 0 Å². The van der Waals surface area contributed by atoms with Crippen LogP contribution < -0.4 is 4.74 Å². The molecule has 0 amide bonds. The van der Waals surface area contributed by atoms with Crippen LogP contribution in [0.5, 0.6) is 5.75 Å². The number of rotatable bonds is 3. The van der Waals surface area contributed by atoms with Crippen molar-refractivity contribution >= 4 is 21.5 Å². The molecule has 0 aliphatic heterocycles. The Morgan fingerprint density at radius 2 is 2.42 bits per heavy atom. The number of nitrogens with zero attached hydrogens (tertiary/aromatic N) is 1. The van der Waals surface area contributed by atoms with Crippen LogP contribution in [0.15, 0.2) is 25.0 Å². The van der Waals surface area contributed by atoms with Crippen LogP contribution in [-0.4, -0.2) is 17.4 Å². The number of allylic oxidation sites excluding steroid dienone is 1. The SMILES string of the molecule is C=C(CBr)c1cncc(OC)c1. The number of alkyl halides is 1. The smallest absolute Gasteiger partial charge is 0.137 e. The van der Waals surface area contributed by atoms with Gasteiger partial charge in [0.1, 0.15) is 5.75 Å². The van der Waals surface area contributed by atoms with Crippen molar-refractivity contribution in [2.45, 2.75) is 0 Å². The first-order chi connectivity index (χ1) is 5.77. The summed E-state index contributed by atoms with van der Waals surface area (Å²) in [7, 11) is 1.62. The highest BCUT2D eigenvalue weighted by atomic mass is 79.9. The summed E-state index contributed by atoms with van der Waals surface area (Å²) >= 11 is 3.33. The summed E-state index contributed by atoms with van der Waals surface area (Å²) in [6.45, 7) is 3.88. The molecule has 1 rings (SSSR count). The summed E-state index contributed by atoms with van der Waals surface area (Å²) in [6, 6.07) is 1.91. The third-order valence-corrected chi connectivity index (χ3v) is 2.20. The normalized spacial score (nSPS) is 9.50. The van der Waals surface area contributed by atoms with Crippen LogP contribution in [0.4, 0.5) is 0 Å². The molecule has 0 radical (unpaired) electrons. The van der Waals surface area contributed by atoms with Gasteiger partial charge in [0.05, 0.1) is 13.3 Å². The molecule has 0 fully saturated rings. The van der Waals surface area contributed by atoms with Gasteiger partial charge in [-0.05, 0) is 17.2 Å². The number of hydrogen-bond donors (Lipinski definition) is 0. The van der Waals surface area contributed by atoms with Gasteiger partial charge >= 0.3 is 0 Å². The van der Waals surface area contributed by atoms with E-state index in [1.807, 2.05) is 6.07 Å². The Hall–Kier alpha value is -0.830. The van der Waals surface area contributed by atoms with E-state index < -0.39 is 0 Å². The Kier molecular flexibility index (Phi) is 3.29. The highest BCUT2D eigenvalue weighted by Crippen LogP contribution is 2.18. The standard InChI is InChI=1S/C9H10BrNO/c1-7(4-10)8-3-9(12-2)6-11-5-8/h3,5-6H,1,4H2,2H3. The molecule has 64 valence electrons. The first kappa shape index (κ1) is 9.26. The lowest BCUT2D eigenvalue weighted by atomic mass is 10.1. The van der Waals surface area contributed by atoms with Crippen LogP contribution in [0.3, 0.4) is 0 Å². The lowest BCUT2D eigenvalue weighted by Crippen LogP contribution is -1.89. The zero-order chi connectivity index (χ0) is 8.97. The fourth-order valence-electron chi connectivity index (χ4n) is 0.801. The molecule has 0 saturated heterocycles. The van der Waals surface area contributed by atoms with Gasteiger partial charge < -0.3 is 4.74 Å². The molecule has 1 aromatic heterocycles. The Labute approximate surface area is 80.4 Å². The van der Waals surface area contributed by atoms with E-state index in [2.05, 4.69) is 27.5 Å². The van der Waals surface area contributed by atoms with Crippen molar-refractivity contribution in [3.05, 3.63) is 30.6 Å². The molecule has 0 atom stereocenters. The van der Waals surface area contributed by atoms with Crippen LogP contribution >= 0.6 is 15.9 Å². The van der Waals surface area contributed by atoms with E-state index in [0.29, 0.717) is 0 Å². The summed E-state index contributed by atoms with van der Waals surface area (Å²) in [4.78, 5) is 4.02. The molecule has 0 aromatic carbocycles. The molecule has 12 heavy (non-hydrogen) atoms. The summed E-state index contributed by atoms with van der Waals surface area (Å²) in [5.41, 5.74) is 2.01. The number of methoxy groups -OCH3 is 1. The van der Waals surface area contributed by atoms with E-state index in [-0.39, 0.29) is 0 Å². The zero-order valence-electron chi connectivity index (χ0n) is 6.88. The van der Waals surface area contributed by atoms with Gasteiger partial charge in [-0.3, -0.25) is 4.98 Å². The van der Waals surface area contributed by atoms with Crippen LogP contribution in [0.25, 0.3) is 5.57 Å². The van der Waals surface area contributed by atoms with E-state index in [4.69, 9.17) is 4.74 Å². The van der Waals surface area contributed by atoms with Gasteiger partial charge in [-0.25, -0.2) is 0 Å². The molecule has 0 spiro atoms. The molecule has 1 aromatic rings. The predicted octanol–water partition coefficient (Wildman–Crippen LogP) is 2.50. The molecular formula is C9H10BrNO. The molecule has 0 N–H and O–H groups in total. The zero-order valence-corrected chi connectivity index (χ0v) is 8.47. The number of aromatic nitrogens is 1. The minimum atomic E-state index is 0.752. The van der Waals surface area contributed by atoms with Crippen molar-refractivity contribution in [1.29, 1.82) is 0 Å². The van der Waals surface area contributed by atoms with Gasteiger partial charge in [0, 0.05) is 11.5 Å². The Bertz CT molecular complexity index is 286. The van der Waals surface area contributed by atoms with Crippen LogP contribution in [0, 0.1) is 0 Å². The van der Waals surface area contributed by atoms with Crippen LogP contribution in [-0.2, 0) is 0 Å².